The summed E-state index contributed by atoms with van der Waals surface area (Å²) in [4.78, 5) is 16.9. The Morgan fingerprint density at radius 2 is 1.86 bits per heavy atom. The van der Waals surface area contributed by atoms with Crippen molar-refractivity contribution in [1.82, 2.24) is 4.98 Å². The number of methoxy groups -OCH3 is 2. The number of rotatable bonds is 6. The number of aromatic nitrogens is 1. The van der Waals surface area contributed by atoms with E-state index in [-0.39, 0.29) is 22.8 Å². The van der Waals surface area contributed by atoms with Crippen molar-refractivity contribution in [3.8, 4) is 34.6 Å². The third-order valence-electron chi connectivity index (χ3n) is 3.97. The van der Waals surface area contributed by atoms with Crippen LogP contribution in [-0.4, -0.2) is 30.2 Å². The summed E-state index contributed by atoms with van der Waals surface area (Å²) in [6, 6.07) is 14.5. The molecule has 2 aromatic carbocycles. The number of ether oxygens (including phenoxy) is 2. The number of nitrogens with one attached hydrogen (secondary N) is 1. The number of phenols is 1. The summed E-state index contributed by atoms with van der Waals surface area (Å²) in [7, 11) is 2.79. The maximum Gasteiger partial charge on any atom is 0.268 e. The van der Waals surface area contributed by atoms with Crippen molar-refractivity contribution in [1.29, 1.82) is 5.26 Å². The molecule has 0 aliphatic carbocycles. The van der Waals surface area contributed by atoms with Gasteiger partial charge in [-0.25, -0.2) is 4.98 Å². The van der Waals surface area contributed by atoms with E-state index in [4.69, 9.17) is 9.47 Å². The number of anilines is 1. The summed E-state index contributed by atoms with van der Waals surface area (Å²) < 4.78 is 10.2. The molecule has 2 N–H and O–H groups in total. The van der Waals surface area contributed by atoms with Crippen LogP contribution >= 0.6 is 11.3 Å². The molecule has 0 bridgehead atoms. The zero-order valence-corrected chi connectivity index (χ0v) is 16.5. The lowest BCUT2D eigenvalue weighted by Crippen LogP contribution is -2.13. The van der Waals surface area contributed by atoms with E-state index < -0.39 is 5.91 Å². The third-order valence-corrected chi connectivity index (χ3v) is 4.73. The molecular weight excluding hydrogens is 390 g/mol. The molecule has 0 atom stereocenters. The van der Waals surface area contributed by atoms with Crippen LogP contribution in [0.5, 0.6) is 17.2 Å². The van der Waals surface area contributed by atoms with Gasteiger partial charge >= 0.3 is 0 Å². The summed E-state index contributed by atoms with van der Waals surface area (Å²) in [5.41, 5.74) is 2.01. The molecule has 0 spiro atoms. The molecule has 29 heavy (non-hydrogen) atoms. The van der Waals surface area contributed by atoms with Gasteiger partial charge in [0.2, 0.25) is 5.75 Å². The van der Waals surface area contributed by atoms with Gasteiger partial charge in [0.25, 0.3) is 5.91 Å². The van der Waals surface area contributed by atoms with E-state index >= 15 is 0 Å². The molecule has 0 unspecified atom stereocenters. The molecule has 1 aromatic heterocycles. The first-order valence-corrected chi connectivity index (χ1v) is 9.32. The highest BCUT2D eigenvalue weighted by molar-refractivity contribution is 7.14. The van der Waals surface area contributed by atoms with Crippen LogP contribution in [0, 0.1) is 11.3 Å². The lowest BCUT2D eigenvalue weighted by Gasteiger charge is -2.09. The van der Waals surface area contributed by atoms with E-state index in [9.17, 15) is 15.2 Å². The second-order valence-corrected chi connectivity index (χ2v) is 6.66. The van der Waals surface area contributed by atoms with Gasteiger partial charge in [-0.3, -0.25) is 10.1 Å². The van der Waals surface area contributed by atoms with Gasteiger partial charge in [0.15, 0.2) is 16.6 Å². The molecular formula is C21H17N3O4S. The molecule has 1 heterocycles. The lowest BCUT2D eigenvalue weighted by atomic mass is 10.1. The molecule has 8 heteroatoms. The molecule has 146 valence electrons. The van der Waals surface area contributed by atoms with E-state index in [2.05, 4.69) is 10.3 Å². The zero-order valence-electron chi connectivity index (χ0n) is 15.7. The standard InChI is InChI=1S/C21H17N3O4S/c1-27-17-9-13(10-18(28-2)19(17)25)8-15(11-22)20(26)24-21-23-16(12-29-21)14-6-4-3-5-7-14/h3-10,12,25H,1-2H3,(H,23,24,26)/b15-8-. The highest BCUT2D eigenvalue weighted by Crippen LogP contribution is 2.37. The molecule has 3 rings (SSSR count). The Balaban J connectivity index is 1.83. The Hall–Kier alpha value is -3.83. The number of hydrogen-bond donors (Lipinski definition) is 2. The molecule has 0 radical (unpaired) electrons. The number of carbonyl (C=O) groups is 1. The smallest absolute Gasteiger partial charge is 0.268 e. The van der Waals surface area contributed by atoms with Gasteiger partial charge in [0, 0.05) is 10.9 Å². The van der Waals surface area contributed by atoms with Crippen molar-refractivity contribution in [2.24, 2.45) is 0 Å². The SMILES string of the molecule is COc1cc(/C=C(/C#N)C(=O)Nc2nc(-c3ccccc3)cs2)cc(OC)c1O. The average molecular weight is 407 g/mol. The fourth-order valence-corrected chi connectivity index (χ4v) is 3.26. The number of hydrogen-bond acceptors (Lipinski definition) is 7. The number of nitrogens with zero attached hydrogens (tertiary/aromatic N) is 2. The van der Waals surface area contributed by atoms with Crippen LogP contribution in [0.15, 0.2) is 53.4 Å². The predicted octanol–water partition coefficient (Wildman–Crippen LogP) is 4.08. The Labute approximate surface area is 171 Å². The van der Waals surface area contributed by atoms with Crippen molar-refractivity contribution in [2.45, 2.75) is 0 Å². The number of thiazole rings is 1. The fraction of sp³-hybridized carbons (Fsp3) is 0.0952. The van der Waals surface area contributed by atoms with Crippen LogP contribution in [0.2, 0.25) is 0 Å². The van der Waals surface area contributed by atoms with Gasteiger partial charge in [0.1, 0.15) is 11.6 Å². The lowest BCUT2D eigenvalue weighted by molar-refractivity contribution is -0.112. The summed E-state index contributed by atoms with van der Waals surface area (Å²) in [5.74, 6) is -0.416. The van der Waals surface area contributed by atoms with Crippen molar-refractivity contribution >= 4 is 28.5 Å². The van der Waals surface area contributed by atoms with E-state index in [0.29, 0.717) is 10.7 Å². The van der Waals surface area contributed by atoms with Crippen LogP contribution < -0.4 is 14.8 Å². The van der Waals surface area contributed by atoms with E-state index in [1.807, 2.05) is 41.8 Å². The van der Waals surface area contributed by atoms with E-state index in [1.54, 1.807) is 0 Å². The minimum Gasteiger partial charge on any atom is -0.502 e. The Morgan fingerprint density at radius 1 is 1.21 bits per heavy atom. The molecule has 0 aliphatic heterocycles. The van der Waals surface area contributed by atoms with Gasteiger partial charge in [-0.15, -0.1) is 11.3 Å². The summed E-state index contributed by atoms with van der Waals surface area (Å²) in [6.07, 6.45) is 1.38. The summed E-state index contributed by atoms with van der Waals surface area (Å²) in [6.45, 7) is 0. The fourth-order valence-electron chi connectivity index (χ4n) is 2.55. The second-order valence-electron chi connectivity index (χ2n) is 5.80. The zero-order chi connectivity index (χ0) is 20.8. The Kier molecular flexibility index (Phi) is 6.12. The van der Waals surface area contributed by atoms with Crippen molar-refractivity contribution in [3.63, 3.8) is 0 Å². The number of amides is 1. The van der Waals surface area contributed by atoms with Gasteiger partial charge < -0.3 is 14.6 Å². The quantitative estimate of drug-likeness (QED) is 0.471. The van der Waals surface area contributed by atoms with Crippen LogP contribution in [0.4, 0.5) is 5.13 Å². The van der Waals surface area contributed by atoms with Gasteiger partial charge in [-0.05, 0) is 23.8 Å². The van der Waals surface area contributed by atoms with Crippen LogP contribution in [0.25, 0.3) is 17.3 Å². The molecule has 0 fully saturated rings. The van der Waals surface area contributed by atoms with E-state index in [1.165, 1.54) is 43.8 Å². The molecule has 3 aromatic rings. The Bertz CT molecular complexity index is 1080. The molecule has 0 saturated carbocycles. The maximum atomic E-state index is 12.5. The number of phenolic OH excluding ortho intramolecular Hbond substituents is 1. The first-order chi connectivity index (χ1) is 14.0. The predicted molar refractivity (Wildman–Crippen MR) is 111 cm³/mol. The minimum atomic E-state index is -0.590. The largest absolute Gasteiger partial charge is 0.502 e. The number of carbonyl (C=O) groups excluding carboxylic acids is 1. The second kappa shape index (κ2) is 8.91. The first-order valence-electron chi connectivity index (χ1n) is 8.44. The van der Waals surface area contributed by atoms with Crippen LogP contribution in [0.1, 0.15) is 5.56 Å². The van der Waals surface area contributed by atoms with Gasteiger partial charge in [-0.1, -0.05) is 30.3 Å². The van der Waals surface area contributed by atoms with Gasteiger partial charge in [-0.2, -0.15) is 5.26 Å². The maximum absolute atomic E-state index is 12.5. The molecule has 7 nitrogen and oxygen atoms in total. The average Bonchev–Trinajstić information content (AvgIpc) is 3.21. The monoisotopic (exact) mass is 407 g/mol. The van der Waals surface area contributed by atoms with Crippen molar-refractivity contribution < 1.29 is 19.4 Å². The topological polar surface area (TPSA) is 104 Å². The van der Waals surface area contributed by atoms with Crippen LogP contribution in [0.3, 0.4) is 0 Å². The minimum absolute atomic E-state index is 0.128. The number of nitriles is 1. The van der Waals surface area contributed by atoms with Crippen molar-refractivity contribution in [3.05, 3.63) is 59.0 Å². The first kappa shape index (κ1) is 19.9. The number of aromatic hydroxyl groups is 1. The normalized spacial score (nSPS) is 10.9. The highest BCUT2D eigenvalue weighted by Gasteiger charge is 2.15. The van der Waals surface area contributed by atoms with Gasteiger partial charge in [0.05, 0.1) is 19.9 Å². The van der Waals surface area contributed by atoms with Crippen LogP contribution in [-0.2, 0) is 4.79 Å². The number of benzene rings is 2. The summed E-state index contributed by atoms with van der Waals surface area (Å²) in [5, 5.41) is 24.3. The molecule has 1 amide bonds. The highest BCUT2D eigenvalue weighted by atomic mass is 32.1. The van der Waals surface area contributed by atoms with Crippen molar-refractivity contribution in [2.75, 3.05) is 19.5 Å². The summed E-state index contributed by atoms with van der Waals surface area (Å²) >= 11 is 1.27. The molecule has 0 saturated heterocycles. The third kappa shape index (κ3) is 4.54. The van der Waals surface area contributed by atoms with E-state index in [0.717, 1.165) is 11.3 Å². The Morgan fingerprint density at radius 3 is 2.45 bits per heavy atom. The molecule has 0 aliphatic rings.